The van der Waals surface area contributed by atoms with E-state index in [1.165, 1.54) is 6.33 Å². The minimum atomic E-state index is -0.388. The number of hydrogen-bond donors (Lipinski definition) is 3. The molecule has 0 spiro atoms. The van der Waals surface area contributed by atoms with Crippen LogP contribution in [-0.4, -0.2) is 32.4 Å². The van der Waals surface area contributed by atoms with Crippen LogP contribution in [0.2, 0.25) is 5.15 Å². The van der Waals surface area contributed by atoms with E-state index in [1.807, 2.05) is 0 Å². The summed E-state index contributed by atoms with van der Waals surface area (Å²) in [5.74, 6) is -0.295. The minimum absolute atomic E-state index is 0.0926. The molecule has 0 aliphatic rings. The first-order valence-electron chi connectivity index (χ1n) is 4.07. The highest BCUT2D eigenvalue weighted by molar-refractivity contribution is 6.33. The number of nitrogens with one attached hydrogen (secondary N) is 2. The van der Waals surface area contributed by atoms with Crippen LogP contribution in [0.15, 0.2) is 6.33 Å². The molecule has 0 aliphatic heterocycles. The van der Waals surface area contributed by atoms with Gasteiger partial charge < -0.3 is 10.7 Å². The van der Waals surface area contributed by atoms with Crippen molar-refractivity contribution < 1.29 is 4.79 Å². The molecule has 0 aliphatic carbocycles. The van der Waals surface area contributed by atoms with E-state index in [0.717, 1.165) is 0 Å². The molecule has 0 radical (unpaired) electrons. The maximum Gasteiger partial charge on any atom is 0.240 e. The highest BCUT2D eigenvalue weighted by atomic mass is 35.5. The van der Waals surface area contributed by atoms with Crippen LogP contribution in [0, 0.1) is 0 Å². The van der Waals surface area contributed by atoms with Crippen molar-refractivity contribution in [2.24, 2.45) is 5.73 Å². The van der Waals surface area contributed by atoms with Gasteiger partial charge in [-0.3, -0.25) is 10.1 Å². The number of imidazole rings is 1. The van der Waals surface area contributed by atoms with E-state index in [1.54, 1.807) is 0 Å². The maximum absolute atomic E-state index is 11.0. The number of carbonyl (C=O) groups excluding carboxylic acids is 1. The number of amides is 1. The second-order valence-corrected chi connectivity index (χ2v) is 3.05. The van der Waals surface area contributed by atoms with Crippen LogP contribution in [0.25, 0.3) is 11.2 Å². The molecule has 8 heteroatoms. The number of nitrogens with zero attached hydrogens (tertiary/aromatic N) is 3. The standard InChI is InChI=1S/C7H7ClN6O/c8-5-4-6(11-2-10-4)14-7(13-5)12-3(15)1-9/h2H,1,9H2,(H2,10,11,12,13,14,15). The third kappa shape index (κ3) is 1.88. The van der Waals surface area contributed by atoms with Gasteiger partial charge in [-0.25, -0.2) is 4.98 Å². The summed E-state index contributed by atoms with van der Waals surface area (Å²) in [4.78, 5) is 25.5. The average Bonchev–Trinajstić information content (AvgIpc) is 2.66. The van der Waals surface area contributed by atoms with Crippen molar-refractivity contribution in [2.45, 2.75) is 0 Å². The number of H-pyrrole nitrogens is 1. The van der Waals surface area contributed by atoms with Gasteiger partial charge in [-0.05, 0) is 0 Å². The fourth-order valence-electron chi connectivity index (χ4n) is 1.03. The first kappa shape index (κ1) is 9.81. The number of rotatable bonds is 2. The van der Waals surface area contributed by atoms with Crippen LogP contribution in [0.1, 0.15) is 0 Å². The zero-order valence-electron chi connectivity index (χ0n) is 7.49. The highest BCUT2D eigenvalue weighted by Crippen LogP contribution is 2.17. The first-order chi connectivity index (χ1) is 7.20. The lowest BCUT2D eigenvalue weighted by Gasteiger charge is -2.01. The van der Waals surface area contributed by atoms with Gasteiger partial charge in [-0.2, -0.15) is 9.97 Å². The van der Waals surface area contributed by atoms with Crippen LogP contribution in [-0.2, 0) is 4.79 Å². The summed E-state index contributed by atoms with van der Waals surface area (Å²) in [6.07, 6.45) is 1.44. The molecule has 1 amide bonds. The molecule has 2 aromatic rings. The van der Waals surface area contributed by atoms with Crippen molar-refractivity contribution >= 4 is 34.6 Å². The predicted molar refractivity (Wildman–Crippen MR) is 54.4 cm³/mol. The van der Waals surface area contributed by atoms with E-state index in [9.17, 15) is 4.79 Å². The largest absolute Gasteiger partial charge is 0.341 e. The summed E-state index contributed by atoms with van der Waals surface area (Å²) in [6, 6.07) is 0. The van der Waals surface area contributed by atoms with Gasteiger partial charge in [0.05, 0.1) is 12.9 Å². The number of fused-ring (bicyclic) bond motifs is 1. The summed E-state index contributed by atoms with van der Waals surface area (Å²) in [5.41, 5.74) is 6.05. The van der Waals surface area contributed by atoms with E-state index >= 15 is 0 Å². The van der Waals surface area contributed by atoms with Gasteiger partial charge >= 0.3 is 0 Å². The lowest BCUT2D eigenvalue weighted by atomic mass is 10.5. The molecule has 0 atom stereocenters. The Morgan fingerprint density at radius 2 is 2.40 bits per heavy atom. The number of carbonyl (C=O) groups is 1. The number of aromatic nitrogens is 4. The molecule has 2 rings (SSSR count). The Morgan fingerprint density at radius 3 is 3.13 bits per heavy atom. The summed E-state index contributed by atoms with van der Waals surface area (Å²) in [6.45, 7) is -0.139. The van der Waals surface area contributed by atoms with Crippen LogP contribution in [0.3, 0.4) is 0 Å². The number of anilines is 1. The summed E-state index contributed by atoms with van der Waals surface area (Å²) < 4.78 is 0. The second kappa shape index (κ2) is 3.79. The monoisotopic (exact) mass is 226 g/mol. The molecule has 2 aromatic heterocycles. The fraction of sp³-hybridized carbons (Fsp3) is 0.143. The summed E-state index contributed by atoms with van der Waals surface area (Å²) in [5, 5.41) is 2.59. The van der Waals surface area contributed by atoms with E-state index < -0.39 is 0 Å². The molecule has 0 unspecified atom stereocenters. The third-order valence-corrected chi connectivity index (χ3v) is 1.95. The van der Waals surface area contributed by atoms with Crippen molar-refractivity contribution in [2.75, 3.05) is 11.9 Å². The van der Waals surface area contributed by atoms with Gasteiger partial charge in [0.1, 0.15) is 5.52 Å². The summed E-state index contributed by atoms with van der Waals surface area (Å²) >= 11 is 5.83. The molecule has 0 saturated carbocycles. The van der Waals surface area contributed by atoms with Crippen LogP contribution >= 0.6 is 11.6 Å². The molecule has 2 heterocycles. The number of hydrogen-bond acceptors (Lipinski definition) is 5. The van der Waals surface area contributed by atoms with E-state index in [2.05, 4.69) is 25.3 Å². The molecule has 78 valence electrons. The SMILES string of the molecule is NCC(=O)Nc1nc(Cl)c2[nH]cnc2n1. The maximum atomic E-state index is 11.0. The topological polar surface area (TPSA) is 110 Å². The quantitative estimate of drug-likeness (QED) is 0.620. The Labute approximate surface area is 89.1 Å². The minimum Gasteiger partial charge on any atom is -0.341 e. The second-order valence-electron chi connectivity index (χ2n) is 2.69. The van der Waals surface area contributed by atoms with E-state index in [-0.39, 0.29) is 23.6 Å². The fourth-order valence-corrected chi connectivity index (χ4v) is 1.25. The van der Waals surface area contributed by atoms with Crippen molar-refractivity contribution in [3.05, 3.63) is 11.5 Å². The van der Waals surface area contributed by atoms with Crippen LogP contribution in [0.4, 0.5) is 5.95 Å². The molecular weight excluding hydrogens is 220 g/mol. The first-order valence-corrected chi connectivity index (χ1v) is 4.45. The van der Waals surface area contributed by atoms with Gasteiger partial charge in [0, 0.05) is 0 Å². The molecule has 0 saturated heterocycles. The van der Waals surface area contributed by atoms with Crippen LogP contribution in [0.5, 0.6) is 0 Å². The zero-order chi connectivity index (χ0) is 10.8. The van der Waals surface area contributed by atoms with Gasteiger partial charge in [0.15, 0.2) is 10.8 Å². The molecule has 0 aromatic carbocycles. The van der Waals surface area contributed by atoms with Crippen molar-refractivity contribution in [1.82, 2.24) is 19.9 Å². The van der Waals surface area contributed by atoms with Crippen molar-refractivity contribution in [3.8, 4) is 0 Å². The Hall–Kier alpha value is -1.73. The molecule has 4 N–H and O–H groups in total. The predicted octanol–water partition coefficient (Wildman–Crippen LogP) is -0.0965. The number of aromatic amines is 1. The highest BCUT2D eigenvalue weighted by Gasteiger charge is 2.09. The average molecular weight is 227 g/mol. The zero-order valence-corrected chi connectivity index (χ0v) is 8.25. The molecule has 0 fully saturated rings. The van der Waals surface area contributed by atoms with Crippen LogP contribution < -0.4 is 11.1 Å². The Morgan fingerprint density at radius 1 is 1.60 bits per heavy atom. The Kier molecular flexibility index (Phi) is 2.48. The molecule has 15 heavy (non-hydrogen) atoms. The Bertz CT molecular complexity index is 509. The lowest BCUT2D eigenvalue weighted by Crippen LogP contribution is -2.23. The normalized spacial score (nSPS) is 10.5. The lowest BCUT2D eigenvalue weighted by molar-refractivity contribution is -0.114. The van der Waals surface area contributed by atoms with E-state index in [0.29, 0.717) is 11.2 Å². The van der Waals surface area contributed by atoms with Gasteiger partial charge in [0.25, 0.3) is 0 Å². The number of halogens is 1. The van der Waals surface area contributed by atoms with Gasteiger partial charge in [-0.15, -0.1) is 0 Å². The summed E-state index contributed by atoms with van der Waals surface area (Å²) in [7, 11) is 0. The van der Waals surface area contributed by atoms with Crippen molar-refractivity contribution in [3.63, 3.8) is 0 Å². The van der Waals surface area contributed by atoms with Gasteiger partial charge in [0.2, 0.25) is 11.9 Å². The number of nitrogens with two attached hydrogens (primary N) is 1. The Balaban J connectivity index is 2.40. The molecule has 0 bridgehead atoms. The third-order valence-electron chi connectivity index (χ3n) is 1.68. The molecule has 7 nitrogen and oxygen atoms in total. The van der Waals surface area contributed by atoms with E-state index in [4.69, 9.17) is 17.3 Å². The van der Waals surface area contributed by atoms with Crippen molar-refractivity contribution in [1.29, 1.82) is 0 Å². The smallest absolute Gasteiger partial charge is 0.240 e. The molecular formula is C7H7ClN6O. The van der Waals surface area contributed by atoms with Gasteiger partial charge in [-0.1, -0.05) is 11.6 Å².